The van der Waals surface area contributed by atoms with Crippen LogP contribution in [0.1, 0.15) is 31.0 Å². The van der Waals surface area contributed by atoms with Crippen LogP contribution in [-0.4, -0.2) is 66.1 Å². The average molecular weight is 546 g/mol. The molecule has 0 radical (unpaired) electrons. The Morgan fingerprint density at radius 1 is 1.08 bits per heavy atom. The molecule has 1 aliphatic rings. The maximum Gasteiger partial charge on any atom is 0.212 e. The van der Waals surface area contributed by atoms with Crippen LogP contribution >= 0.6 is 23.2 Å². The molecule has 2 heterocycles. The summed E-state index contributed by atoms with van der Waals surface area (Å²) in [5.41, 5.74) is 1.63. The molecule has 3 aromatic rings. The zero-order chi connectivity index (χ0) is 26.6. The minimum Gasteiger partial charge on any atom is -0.491 e. The van der Waals surface area contributed by atoms with Crippen molar-refractivity contribution in [1.29, 1.82) is 0 Å². The van der Waals surface area contributed by atoms with Gasteiger partial charge in [-0.1, -0.05) is 35.3 Å². The summed E-state index contributed by atoms with van der Waals surface area (Å²) in [5.74, 6) is 1.12. The van der Waals surface area contributed by atoms with Crippen LogP contribution in [0.3, 0.4) is 0 Å². The molecule has 0 amide bonds. The van der Waals surface area contributed by atoms with Crippen LogP contribution in [0.15, 0.2) is 60.8 Å². The van der Waals surface area contributed by atoms with Gasteiger partial charge in [0, 0.05) is 54.6 Å². The smallest absolute Gasteiger partial charge is 0.212 e. The lowest BCUT2D eigenvalue weighted by Crippen LogP contribution is -2.56. The summed E-state index contributed by atoms with van der Waals surface area (Å²) in [6, 6.07) is 17.1. The van der Waals surface area contributed by atoms with E-state index >= 15 is 0 Å². The molecule has 1 fully saturated rings. The SMILES string of the molecule is COc1ccc([C@](C)(O)CN2C[C@H](C)N(c3ccc(OCCO)cc3Cl)[C@H](c3ccc(Cl)cc3)C2)cn1. The molecule has 0 aliphatic carbocycles. The molecule has 9 heteroatoms. The number of β-amino-alcohol motifs (C(OH)–C–C–N with tert-alkyl or cyclic N) is 1. The first-order chi connectivity index (χ1) is 17.7. The molecule has 4 rings (SSSR count). The lowest BCUT2D eigenvalue weighted by Gasteiger charge is -2.49. The third kappa shape index (κ3) is 6.48. The van der Waals surface area contributed by atoms with Crippen LogP contribution in [0.4, 0.5) is 5.69 Å². The van der Waals surface area contributed by atoms with Gasteiger partial charge in [0.05, 0.1) is 30.5 Å². The van der Waals surface area contributed by atoms with E-state index in [1.54, 1.807) is 25.4 Å². The monoisotopic (exact) mass is 545 g/mol. The minimum absolute atomic E-state index is 0.0347. The normalized spacial score (nSPS) is 19.9. The molecule has 2 N–H and O–H groups in total. The first-order valence-corrected chi connectivity index (χ1v) is 13.0. The Morgan fingerprint density at radius 3 is 2.46 bits per heavy atom. The number of aliphatic hydroxyl groups excluding tert-OH is 1. The lowest BCUT2D eigenvalue weighted by molar-refractivity contribution is 0.00606. The Labute approximate surface area is 228 Å². The number of halogens is 2. The number of anilines is 1. The largest absolute Gasteiger partial charge is 0.491 e. The standard InChI is InChI=1S/C28H33Cl2N3O4/c1-19-16-32(18-28(2,35)21-6-11-27(36-3)31-15-21)17-26(20-4-7-22(29)8-5-20)33(19)25-10-9-23(14-24(25)30)37-13-12-34/h4-11,14-15,19,26,34-35H,12-13,16-18H2,1-3H3/t19-,26-,28+/m0/s1. The van der Waals surface area contributed by atoms with Crippen molar-refractivity contribution in [1.82, 2.24) is 9.88 Å². The Kier molecular flexibility index (Phi) is 8.82. The van der Waals surface area contributed by atoms with Crippen molar-refractivity contribution in [2.24, 2.45) is 0 Å². The summed E-state index contributed by atoms with van der Waals surface area (Å²) in [7, 11) is 1.57. The Morgan fingerprint density at radius 2 is 1.84 bits per heavy atom. The minimum atomic E-state index is -1.10. The number of hydrogen-bond donors (Lipinski definition) is 2. The zero-order valence-corrected chi connectivity index (χ0v) is 22.8. The number of pyridine rings is 1. The van der Waals surface area contributed by atoms with Gasteiger partial charge in [-0.05, 0) is 49.7 Å². The molecule has 2 aromatic carbocycles. The first kappa shape index (κ1) is 27.5. The summed E-state index contributed by atoms with van der Waals surface area (Å²) in [6.45, 7) is 5.95. The fourth-order valence-corrected chi connectivity index (χ4v) is 5.35. The van der Waals surface area contributed by atoms with Gasteiger partial charge in [0.1, 0.15) is 18.0 Å². The summed E-state index contributed by atoms with van der Waals surface area (Å²) >= 11 is 13.0. The molecule has 3 atom stereocenters. The molecule has 198 valence electrons. The molecule has 37 heavy (non-hydrogen) atoms. The number of hydrogen-bond acceptors (Lipinski definition) is 7. The van der Waals surface area contributed by atoms with Crippen molar-refractivity contribution < 1.29 is 19.7 Å². The molecule has 0 spiro atoms. The van der Waals surface area contributed by atoms with Gasteiger partial charge in [-0.15, -0.1) is 0 Å². The van der Waals surface area contributed by atoms with Crippen molar-refractivity contribution >= 4 is 28.9 Å². The Hall–Kier alpha value is -2.55. The van der Waals surface area contributed by atoms with Gasteiger partial charge in [0.25, 0.3) is 0 Å². The van der Waals surface area contributed by atoms with Crippen LogP contribution in [0.2, 0.25) is 10.0 Å². The number of piperazine rings is 1. The van der Waals surface area contributed by atoms with Crippen LogP contribution < -0.4 is 14.4 Å². The quantitative estimate of drug-likeness (QED) is 0.394. The van der Waals surface area contributed by atoms with E-state index < -0.39 is 5.60 Å². The van der Waals surface area contributed by atoms with E-state index in [9.17, 15) is 5.11 Å². The third-order valence-electron chi connectivity index (χ3n) is 6.68. The molecule has 1 aromatic heterocycles. The van der Waals surface area contributed by atoms with E-state index in [1.807, 2.05) is 49.4 Å². The van der Waals surface area contributed by atoms with Gasteiger partial charge in [-0.2, -0.15) is 0 Å². The first-order valence-electron chi connectivity index (χ1n) is 12.2. The van der Waals surface area contributed by atoms with Crippen molar-refractivity contribution in [3.63, 3.8) is 0 Å². The molecule has 1 saturated heterocycles. The molecule has 0 saturated carbocycles. The second-order valence-corrected chi connectivity index (χ2v) is 10.4. The van der Waals surface area contributed by atoms with E-state index in [1.165, 1.54) is 0 Å². The summed E-state index contributed by atoms with van der Waals surface area (Å²) in [5, 5.41) is 21.7. The molecular weight excluding hydrogens is 513 g/mol. The molecule has 0 unspecified atom stereocenters. The summed E-state index contributed by atoms with van der Waals surface area (Å²) < 4.78 is 10.7. The second-order valence-electron chi connectivity index (χ2n) is 9.57. The molecule has 7 nitrogen and oxygen atoms in total. The number of ether oxygens (including phenoxy) is 2. The van der Waals surface area contributed by atoms with Crippen molar-refractivity contribution in [2.75, 3.05) is 44.9 Å². The van der Waals surface area contributed by atoms with Gasteiger partial charge in [-0.3, -0.25) is 4.90 Å². The maximum atomic E-state index is 11.4. The highest BCUT2D eigenvalue weighted by atomic mass is 35.5. The average Bonchev–Trinajstić information content (AvgIpc) is 2.88. The number of benzene rings is 2. The van der Waals surface area contributed by atoms with Gasteiger partial charge in [-0.25, -0.2) is 4.98 Å². The highest BCUT2D eigenvalue weighted by molar-refractivity contribution is 6.33. The van der Waals surface area contributed by atoms with Crippen LogP contribution in [-0.2, 0) is 5.60 Å². The van der Waals surface area contributed by atoms with Gasteiger partial charge in [0.2, 0.25) is 5.88 Å². The fourth-order valence-electron chi connectivity index (χ4n) is 4.96. The number of methoxy groups -OCH3 is 1. The summed E-state index contributed by atoms with van der Waals surface area (Å²) in [4.78, 5) is 8.87. The van der Waals surface area contributed by atoms with Crippen molar-refractivity contribution in [3.05, 3.63) is 82.0 Å². The highest BCUT2D eigenvalue weighted by Gasteiger charge is 2.37. The van der Waals surface area contributed by atoms with Crippen molar-refractivity contribution in [2.45, 2.75) is 31.5 Å². The third-order valence-corrected chi connectivity index (χ3v) is 7.23. The molecular formula is C28H33Cl2N3O4. The number of aliphatic hydroxyl groups is 2. The molecule has 1 aliphatic heterocycles. The highest BCUT2D eigenvalue weighted by Crippen LogP contribution is 2.40. The van der Waals surface area contributed by atoms with Gasteiger partial charge < -0.3 is 24.6 Å². The maximum absolute atomic E-state index is 11.4. The predicted octanol–water partition coefficient (Wildman–Crippen LogP) is 4.93. The summed E-state index contributed by atoms with van der Waals surface area (Å²) in [6.07, 6.45) is 1.66. The second kappa shape index (κ2) is 11.9. The topological polar surface area (TPSA) is 78.3 Å². The molecule has 0 bridgehead atoms. The van der Waals surface area contributed by atoms with E-state index in [4.69, 9.17) is 37.8 Å². The van der Waals surface area contributed by atoms with Gasteiger partial charge >= 0.3 is 0 Å². The predicted molar refractivity (Wildman–Crippen MR) is 147 cm³/mol. The van der Waals surface area contributed by atoms with Crippen LogP contribution in [0.5, 0.6) is 11.6 Å². The van der Waals surface area contributed by atoms with E-state index in [2.05, 4.69) is 21.7 Å². The number of aromatic nitrogens is 1. The van der Waals surface area contributed by atoms with Crippen molar-refractivity contribution in [3.8, 4) is 11.6 Å². The number of rotatable bonds is 9. The zero-order valence-electron chi connectivity index (χ0n) is 21.3. The van der Waals surface area contributed by atoms with E-state index in [0.717, 1.165) is 23.4 Å². The van der Waals surface area contributed by atoms with E-state index in [0.29, 0.717) is 34.8 Å². The van der Waals surface area contributed by atoms with E-state index in [-0.39, 0.29) is 25.3 Å². The van der Waals surface area contributed by atoms with Crippen LogP contribution in [0, 0.1) is 0 Å². The number of nitrogens with zero attached hydrogens (tertiary/aromatic N) is 3. The van der Waals surface area contributed by atoms with Gasteiger partial charge in [0.15, 0.2) is 0 Å². The fraction of sp³-hybridized carbons (Fsp3) is 0.393. The Bertz CT molecular complexity index is 1180. The Balaban J connectivity index is 1.62. The van der Waals surface area contributed by atoms with Crippen LogP contribution in [0.25, 0.3) is 0 Å². The lowest BCUT2D eigenvalue weighted by atomic mass is 9.93.